The topological polar surface area (TPSA) is 51.0 Å². The highest BCUT2D eigenvalue weighted by molar-refractivity contribution is 7.16. The van der Waals surface area contributed by atoms with Gasteiger partial charge in [0.1, 0.15) is 4.88 Å². The standard InChI is InChI=1S/C21H23ClN4OS/c1-13-18(12-16-6-8-17(22)9-7-16)15(3)26(24-13)21-23-14(2)19(28-21)20(27)25-10-4-5-11-25/h6-9H,4-5,10-12H2,1-3H3. The summed E-state index contributed by atoms with van der Waals surface area (Å²) in [5.41, 5.74) is 5.19. The molecule has 0 bridgehead atoms. The number of benzene rings is 1. The molecule has 28 heavy (non-hydrogen) atoms. The molecule has 1 aliphatic heterocycles. The number of hydrogen-bond acceptors (Lipinski definition) is 4. The molecule has 1 aromatic carbocycles. The molecule has 7 heteroatoms. The van der Waals surface area contributed by atoms with E-state index < -0.39 is 0 Å². The fraction of sp³-hybridized carbons (Fsp3) is 0.381. The number of likely N-dealkylation sites (tertiary alicyclic amines) is 1. The first-order chi connectivity index (χ1) is 13.4. The Labute approximate surface area is 174 Å². The zero-order valence-electron chi connectivity index (χ0n) is 16.3. The summed E-state index contributed by atoms with van der Waals surface area (Å²) in [7, 11) is 0. The third-order valence-corrected chi connectivity index (χ3v) is 6.66. The Morgan fingerprint density at radius 2 is 1.79 bits per heavy atom. The van der Waals surface area contributed by atoms with E-state index in [1.807, 2.05) is 47.7 Å². The van der Waals surface area contributed by atoms with Crippen molar-refractivity contribution in [3.05, 3.63) is 62.4 Å². The molecule has 0 radical (unpaired) electrons. The quantitative estimate of drug-likeness (QED) is 0.619. The molecule has 0 saturated carbocycles. The van der Waals surface area contributed by atoms with E-state index in [0.717, 1.165) is 64.5 Å². The van der Waals surface area contributed by atoms with Crippen molar-refractivity contribution in [3.63, 3.8) is 0 Å². The number of thiazole rings is 1. The maximum absolute atomic E-state index is 12.8. The van der Waals surface area contributed by atoms with E-state index in [1.54, 1.807) is 0 Å². The summed E-state index contributed by atoms with van der Waals surface area (Å²) < 4.78 is 1.87. The van der Waals surface area contributed by atoms with Gasteiger partial charge in [-0.15, -0.1) is 0 Å². The van der Waals surface area contributed by atoms with E-state index in [1.165, 1.54) is 22.5 Å². The van der Waals surface area contributed by atoms with Crippen LogP contribution in [0.3, 0.4) is 0 Å². The molecular weight excluding hydrogens is 392 g/mol. The molecule has 4 rings (SSSR count). The van der Waals surface area contributed by atoms with Crippen LogP contribution in [0.2, 0.25) is 5.02 Å². The summed E-state index contributed by atoms with van der Waals surface area (Å²) in [4.78, 5) is 20.1. The summed E-state index contributed by atoms with van der Waals surface area (Å²) in [6.07, 6.45) is 2.96. The van der Waals surface area contributed by atoms with Gasteiger partial charge in [0.2, 0.25) is 5.13 Å². The molecule has 1 aliphatic rings. The third kappa shape index (κ3) is 3.59. The minimum atomic E-state index is 0.0988. The summed E-state index contributed by atoms with van der Waals surface area (Å²) in [5, 5.41) is 6.21. The molecule has 1 saturated heterocycles. The Hall–Kier alpha value is -2.18. The highest BCUT2D eigenvalue weighted by atomic mass is 35.5. The first kappa shape index (κ1) is 19.2. The van der Waals surface area contributed by atoms with Crippen LogP contribution in [-0.2, 0) is 6.42 Å². The predicted molar refractivity (Wildman–Crippen MR) is 113 cm³/mol. The molecule has 146 valence electrons. The van der Waals surface area contributed by atoms with E-state index in [4.69, 9.17) is 16.7 Å². The number of hydrogen-bond donors (Lipinski definition) is 0. The smallest absolute Gasteiger partial charge is 0.265 e. The van der Waals surface area contributed by atoms with E-state index in [-0.39, 0.29) is 5.91 Å². The number of carbonyl (C=O) groups is 1. The lowest BCUT2D eigenvalue weighted by molar-refractivity contribution is 0.0796. The van der Waals surface area contributed by atoms with Crippen molar-refractivity contribution in [2.75, 3.05) is 13.1 Å². The van der Waals surface area contributed by atoms with Crippen LogP contribution in [0.4, 0.5) is 0 Å². The van der Waals surface area contributed by atoms with Gasteiger partial charge in [-0.1, -0.05) is 35.1 Å². The minimum Gasteiger partial charge on any atom is -0.338 e. The monoisotopic (exact) mass is 414 g/mol. The molecule has 5 nitrogen and oxygen atoms in total. The highest BCUT2D eigenvalue weighted by Crippen LogP contribution is 2.28. The van der Waals surface area contributed by atoms with Crippen molar-refractivity contribution in [2.45, 2.75) is 40.0 Å². The summed E-state index contributed by atoms with van der Waals surface area (Å²) in [6.45, 7) is 7.67. The molecule has 0 unspecified atom stereocenters. The number of amides is 1. The van der Waals surface area contributed by atoms with Gasteiger partial charge in [0.25, 0.3) is 5.91 Å². The van der Waals surface area contributed by atoms with E-state index >= 15 is 0 Å². The molecule has 3 aromatic rings. The number of nitrogens with zero attached hydrogens (tertiary/aromatic N) is 4. The Morgan fingerprint density at radius 3 is 2.46 bits per heavy atom. The van der Waals surface area contributed by atoms with Gasteiger partial charge in [0, 0.05) is 35.8 Å². The molecule has 1 fully saturated rings. The van der Waals surface area contributed by atoms with Gasteiger partial charge < -0.3 is 4.90 Å². The summed E-state index contributed by atoms with van der Waals surface area (Å²) in [6, 6.07) is 7.90. The van der Waals surface area contributed by atoms with Crippen LogP contribution in [0.25, 0.3) is 5.13 Å². The Kier molecular flexibility index (Phi) is 5.25. The average Bonchev–Trinajstić information content (AvgIpc) is 3.39. The van der Waals surface area contributed by atoms with Crippen molar-refractivity contribution in [1.29, 1.82) is 0 Å². The lowest BCUT2D eigenvalue weighted by Gasteiger charge is -2.13. The maximum atomic E-state index is 12.8. The van der Waals surface area contributed by atoms with E-state index in [9.17, 15) is 4.79 Å². The number of aromatic nitrogens is 3. The molecule has 1 amide bonds. The normalized spacial score (nSPS) is 14.1. The fourth-order valence-corrected chi connectivity index (χ4v) is 4.82. The minimum absolute atomic E-state index is 0.0988. The van der Waals surface area contributed by atoms with Crippen LogP contribution in [0, 0.1) is 20.8 Å². The highest BCUT2D eigenvalue weighted by Gasteiger charge is 2.25. The predicted octanol–water partition coefficient (Wildman–Crippen LogP) is 4.73. The van der Waals surface area contributed by atoms with Crippen LogP contribution in [0.15, 0.2) is 24.3 Å². The number of halogens is 1. The second-order valence-corrected chi connectivity index (χ2v) is 8.69. The van der Waals surface area contributed by atoms with Crippen LogP contribution < -0.4 is 0 Å². The van der Waals surface area contributed by atoms with Gasteiger partial charge in [-0.3, -0.25) is 4.79 Å². The number of aryl methyl sites for hydroxylation is 2. The van der Waals surface area contributed by atoms with Crippen molar-refractivity contribution in [1.82, 2.24) is 19.7 Å². The molecule has 2 aromatic heterocycles. The van der Waals surface area contributed by atoms with E-state index in [0.29, 0.717) is 0 Å². The van der Waals surface area contributed by atoms with Gasteiger partial charge in [0.05, 0.1) is 11.4 Å². The average molecular weight is 415 g/mol. The third-order valence-electron chi connectivity index (χ3n) is 5.29. The molecular formula is C21H23ClN4OS. The maximum Gasteiger partial charge on any atom is 0.265 e. The SMILES string of the molecule is Cc1nc(-n2nc(C)c(Cc3ccc(Cl)cc3)c2C)sc1C(=O)N1CCCC1. The van der Waals surface area contributed by atoms with Gasteiger partial charge in [-0.05, 0) is 51.3 Å². The number of carbonyl (C=O) groups excluding carboxylic acids is 1. The van der Waals surface area contributed by atoms with Crippen molar-refractivity contribution in [3.8, 4) is 5.13 Å². The fourth-order valence-electron chi connectivity index (χ4n) is 3.66. The van der Waals surface area contributed by atoms with Gasteiger partial charge in [0.15, 0.2) is 0 Å². The first-order valence-electron chi connectivity index (χ1n) is 9.50. The zero-order valence-corrected chi connectivity index (χ0v) is 17.9. The Morgan fingerprint density at radius 1 is 1.11 bits per heavy atom. The van der Waals surface area contributed by atoms with Crippen LogP contribution in [0.5, 0.6) is 0 Å². The molecule has 0 spiro atoms. The van der Waals surface area contributed by atoms with Crippen molar-refractivity contribution >= 4 is 28.8 Å². The molecule has 0 aliphatic carbocycles. The number of rotatable bonds is 4. The van der Waals surface area contributed by atoms with Crippen LogP contribution in [-0.4, -0.2) is 38.7 Å². The first-order valence-corrected chi connectivity index (χ1v) is 10.7. The molecule has 0 N–H and O–H groups in total. The van der Waals surface area contributed by atoms with Crippen molar-refractivity contribution in [2.24, 2.45) is 0 Å². The Balaban J connectivity index is 1.64. The zero-order chi connectivity index (χ0) is 19.8. The Bertz CT molecular complexity index is 1020. The lowest BCUT2D eigenvalue weighted by Crippen LogP contribution is -2.27. The summed E-state index contributed by atoms with van der Waals surface area (Å²) >= 11 is 7.43. The molecule has 3 heterocycles. The van der Waals surface area contributed by atoms with Crippen molar-refractivity contribution < 1.29 is 4.79 Å². The van der Waals surface area contributed by atoms with Crippen LogP contribution in [0.1, 0.15) is 50.7 Å². The largest absolute Gasteiger partial charge is 0.338 e. The second kappa shape index (κ2) is 7.68. The van der Waals surface area contributed by atoms with E-state index in [2.05, 4.69) is 11.9 Å². The van der Waals surface area contributed by atoms with Crippen LogP contribution >= 0.6 is 22.9 Å². The van der Waals surface area contributed by atoms with Gasteiger partial charge >= 0.3 is 0 Å². The molecule has 0 atom stereocenters. The van der Waals surface area contributed by atoms with Gasteiger partial charge in [-0.2, -0.15) is 5.10 Å². The second-order valence-electron chi connectivity index (χ2n) is 7.27. The van der Waals surface area contributed by atoms with Gasteiger partial charge in [-0.25, -0.2) is 9.67 Å². The summed E-state index contributed by atoms with van der Waals surface area (Å²) in [5.74, 6) is 0.0988. The lowest BCUT2D eigenvalue weighted by atomic mass is 10.0.